The third-order valence-electron chi connectivity index (χ3n) is 4.98. The summed E-state index contributed by atoms with van der Waals surface area (Å²) in [6.07, 6.45) is 0. The minimum absolute atomic E-state index is 0.278. The summed E-state index contributed by atoms with van der Waals surface area (Å²) in [4.78, 5) is 27.0. The van der Waals surface area contributed by atoms with Gasteiger partial charge in [0.2, 0.25) is 0 Å². The summed E-state index contributed by atoms with van der Waals surface area (Å²) in [5.74, 6) is -1.96. The van der Waals surface area contributed by atoms with Gasteiger partial charge in [0.05, 0.1) is 0 Å². The van der Waals surface area contributed by atoms with Crippen LogP contribution in [0.15, 0.2) is 59.4 Å². The summed E-state index contributed by atoms with van der Waals surface area (Å²) < 4.78 is 29.0. The number of halogens is 2. The van der Waals surface area contributed by atoms with Crippen molar-refractivity contribution in [3.8, 4) is 5.69 Å². The highest BCUT2D eigenvalue weighted by Gasteiger charge is 2.27. The molecule has 1 amide bonds. The minimum Gasteiger partial charge on any atom is -0.314 e. The summed E-state index contributed by atoms with van der Waals surface area (Å²) in [7, 11) is 0. The lowest BCUT2D eigenvalue weighted by Gasteiger charge is -2.28. The van der Waals surface area contributed by atoms with Gasteiger partial charge in [-0.1, -0.05) is 42.5 Å². The molecule has 0 atom stereocenters. The van der Waals surface area contributed by atoms with E-state index in [0.29, 0.717) is 9.36 Å². The maximum atomic E-state index is 14.0. The lowest BCUT2D eigenvalue weighted by atomic mass is 9.95. The van der Waals surface area contributed by atoms with E-state index >= 15 is 0 Å². The van der Waals surface area contributed by atoms with E-state index in [1.54, 1.807) is 0 Å². The van der Waals surface area contributed by atoms with Crippen molar-refractivity contribution in [2.75, 3.05) is 0 Å². The number of hydrogen-bond donors (Lipinski definition) is 0. The first-order chi connectivity index (χ1) is 14.0. The molecule has 0 bridgehead atoms. The van der Waals surface area contributed by atoms with Gasteiger partial charge in [0, 0.05) is 13.1 Å². The Morgan fingerprint density at radius 1 is 0.862 bits per heavy atom. The van der Waals surface area contributed by atoms with E-state index in [-0.39, 0.29) is 13.1 Å². The van der Waals surface area contributed by atoms with Crippen LogP contribution < -0.4 is 5.69 Å². The van der Waals surface area contributed by atoms with Gasteiger partial charge in [0.25, 0.3) is 0 Å². The number of tetrazole rings is 1. The molecule has 1 aliphatic rings. The molecule has 0 saturated heterocycles. The first-order valence-corrected chi connectivity index (χ1v) is 8.83. The molecule has 2 heterocycles. The molecule has 9 heteroatoms. The van der Waals surface area contributed by atoms with Crippen molar-refractivity contribution in [3.63, 3.8) is 0 Å². The number of aromatic nitrogens is 4. The Balaban J connectivity index is 1.53. The molecular weight excluding hydrogens is 380 g/mol. The highest BCUT2D eigenvalue weighted by Crippen LogP contribution is 2.30. The summed E-state index contributed by atoms with van der Waals surface area (Å²) in [5, 5.41) is 9.20. The van der Waals surface area contributed by atoms with Crippen LogP contribution in [0.25, 0.3) is 16.5 Å². The van der Waals surface area contributed by atoms with Crippen molar-refractivity contribution >= 4 is 16.8 Å². The zero-order valence-electron chi connectivity index (χ0n) is 14.9. The van der Waals surface area contributed by atoms with Gasteiger partial charge in [-0.2, -0.15) is 4.68 Å². The Kier molecular flexibility index (Phi) is 3.76. The summed E-state index contributed by atoms with van der Waals surface area (Å²) in [6.45, 7) is 0.557. The van der Waals surface area contributed by atoms with Crippen molar-refractivity contribution in [2.24, 2.45) is 0 Å². The van der Waals surface area contributed by atoms with E-state index < -0.39 is 29.0 Å². The molecule has 0 fully saturated rings. The van der Waals surface area contributed by atoms with Gasteiger partial charge >= 0.3 is 11.7 Å². The molecule has 0 saturated carbocycles. The SMILES string of the molecule is O=C(N1Cc2cccc3cccc(c23)C1)n1nnn(-c2c(F)cccc2F)c1=O. The quantitative estimate of drug-likeness (QED) is 0.466. The molecule has 0 spiro atoms. The molecule has 144 valence electrons. The molecule has 7 nitrogen and oxygen atoms in total. The zero-order valence-corrected chi connectivity index (χ0v) is 14.9. The molecule has 1 aromatic heterocycles. The smallest absolute Gasteiger partial charge is 0.314 e. The largest absolute Gasteiger partial charge is 0.377 e. The van der Waals surface area contributed by atoms with Crippen molar-refractivity contribution in [3.05, 3.63) is 87.8 Å². The van der Waals surface area contributed by atoms with E-state index in [4.69, 9.17) is 0 Å². The summed E-state index contributed by atoms with van der Waals surface area (Å²) >= 11 is 0. The predicted octanol–water partition coefficient (Wildman–Crippen LogP) is 2.84. The molecule has 29 heavy (non-hydrogen) atoms. The second-order valence-corrected chi connectivity index (χ2v) is 6.73. The Bertz CT molecular complexity index is 1280. The Morgan fingerprint density at radius 2 is 1.45 bits per heavy atom. The monoisotopic (exact) mass is 393 g/mol. The van der Waals surface area contributed by atoms with E-state index in [9.17, 15) is 18.4 Å². The fourth-order valence-electron chi connectivity index (χ4n) is 3.70. The Hall–Kier alpha value is -3.88. The minimum atomic E-state index is -1.05. The van der Waals surface area contributed by atoms with Crippen LogP contribution in [0.2, 0.25) is 0 Å². The number of benzene rings is 3. The number of carbonyl (C=O) groups is 1. The van der Waals surface area contributed by atoms with Crippen molar-refractivity contribution in [1.29, 1.82) is 0 Å². The van der Waals surface area contributed by atoms with E-state index in [1.165, 1.54) is 11.0 Å². The highest BCUT2D eigenvalue weighted by atomic mass is 19.1. The number of nitrogens with zero attached hydrogens (tertiary/aromatic N) is 5. The fraction of sp³-hybridized carbons (Fsp3) is 0.100. The van der Waals surface area contributed by atoms with Crippen LogP contribution in [0.4, 0.5) is 13.6 Å². The zero-order chi connectivity index (χ0) is 20.1. The second kappa shape index (κ2) is 6.33. The number of carbonyl (C=O) groups excluding carboxylic acids is 1. The molecule has 4 aromatic rings. The number of para-hydroxylation sites is 1. The standard InChI is InChI=1S/C20H13F2N5O2/c21-15-8-3-9-16(22)18(15)26-20(29)27(24-23-26)19(28)25-10-13-6-1-4-12-5-2-7-14(11-25)17(12)13/h1-9H,10-11H2. The molecule has 5 rings (SSSR count). The topological polar surface area (TPSA) is 73.0 Å². The Morgan fingerprint density at radius 3 is 2.07 bits per heavy atom. The number of hydrogen-bond acceptors (Lipinski definition) is 4. The third-order valence-corrected chi connectivity index (χ3v) is 4.98. The van der Waals surface area contributed by atoms with Gasteiger partial charge in [0.1, 0.15) is 5.69 Å². The average molecular weight is 393 g/mol. The lowest BCUT2D eigenvalue weighted by Crippen LogP contribution is -2.41. The van der Waals surface area contributed by atoms with Gasteiger partial charge in [-0.15, -0.1) is 4.68 Å². The van der Waals surface area contributed by atoms with Gasteiger partial charge in [-0.3, -0.25) is 0 Å². The van der Waals surface area contributed by atoms with E-state index in [2.05, 4.69) is 10.4 Å². The molecule has 0 radical (unpaired) electrons. The Labute approximate surface area is 162 Å². The number of rotatable bonds is 1. The van der Waals surface area contributed by atoms with Crippen LogP contribution in [-0.2, 0) is 13.1 Å². The van der Waals surface area contributed by atoms with Crippen LogP contribution in [0, 0.1) is 11.6 Å². The second-order valence-electron chi connectivity index (χ2n) is 6.73. The predicted molar refractivity (Wildman–Crippen MR) is 99.5 cm³/mol. The van der Waals surface area contributed by atoms with Crippen LogP contribution in [0.1, 0.15) is 11.1 Å². The molecule has 3 aromatic carbocycles. The van der Waals surface area contributed by atoms with E-state index in [0.717, 1.165) is 34.0 Å². The van der Waals surface area contributed by atoms with Gasteiger partial charge < -0.3 is 4.90 Å². The first kappa shape index (κ1) is 17.2. The van der Waals surface area contributed by atoms with E-state index in [1.807, 2.05) is 36.4 Å². The summed E-state index contributed by atoms with van der Waals surface area (Å²) in [5.41, 5.74) is 0.165. The van der Waals surface area contributed by atoms with Gasteiger partial charge in [-0.05, 0) is 44.5 Å². The lowest BCUT2D eigenvalue weighted by molar-refractivity contribution is 0.188. The first-order valence-electron chi connectivity index (χ1n) is 8.83. The molecular formula is C20H13F2N5O2. The maximum Gasteiger partial charge on any atom is 0.377 e. The fourth-order valence-corrected chi connectivity index (χ4v) is 3.70. The van der Waals surface area contributed by atoms with Crippen LogP contribution in [0.3, 0.4) is 0 Å². The molecule has 0 N–H and O–H groups in total. The van der Waals surface area contributed by atoms with Crippen molar-refractivity contribution in [1.82, 2.24) is 24.7 Å². The highest BCUT2D eigenvalue weighted by molar-refractivity contribution is 5.90. The molecule has 0 unspecified atom stereocenters. The molecule has 1 aliphatic heterocycles. The average Bonchev–Trinajstić information content (AvgIpc) is 3.09. The van der Waals surface area contributed by atoms with Crippen LogP contribution >= 0.6 is 0 Å². The van der Waals surface area contributed by atoms with Crippen LogP contribution in [-0.4, -0.2) is 30.7 Å². The number of amides is 1. The third kappa shape index (κ3) is 2.62. The maximum absolute atomic E-state index is 14.0. The summed E-state index contributed by atoms with van der Waals surface area (Å²) in [6, 6.07) is 14.1. The van der Waals surface area contributed by atoms with Gasteiger partial charge in [0.15, 0.2) is 11.6 Å². The molecule has 0 aliphatic carbocycles. The van der Waals surface area contributed by atoms with Gasteiger partial charge in [-0.25, -0.2) is 18.4 Å². The van der Waals surface area contributed by atoms with Crippen LogP contribution in [0.5, 0.6) is 0 Å². The van der Waals surface area contributed by atoms with Crippen molar-refractivity contribution < 1.29 is 13.6 Å². The normalized spacial score (nSPS) is 13.1. The van der Waals surface area contributed by atoms with Crippen molar-refractivity contribution in [2.45, 2.75) is 13.1 Å².